The summed E-state index contributed by atoms with van der Waals surface area (Å²) in [6, 6.07) is 11.4. The molecule has 0 spiro atoms. The first kappa shape index (κ1) is 14.8. The monoisotopic (exact) mass is 307 g/mol. The summed E-state index contributed by atoms with van der Waals surface area (Å²) in [5.74, 6) is -0.110. The molecule has 1 heterocycles. The Bertz CT molecular complexity index is 661. The highest BCUT2D eigenvalue weighted by atomic mass is 35.5. The molecule has 0 radical (unpaired) electrons. The zero-order chi connectivity index (χ0) is 14.7. The smallest absolute Gasteiger partial charge is 0.250 e. The topological polar surface area (TPSA) is 43.1 Å². The van der Waals surface area contributed by atoms with Crippen LogP contribution in [0.5, 0.6) is 0 Å². The first-order valence-electron chi connectivity index (χ1n) is 6.19. The lowest BCUT2D eigenvalue weighted by Crippen LogP contribution is -2.04. The lowest BCUT2D eigenvalue weighted by atomic mass is 10.1. The number of hydrogen-bond donors (Lipinski definition) is 0. The summed E-state index contributed by atoms with van der Waals surface area (Å²) in [6.07, 6.45) is 1.64. The van der Waals surface area contributed by atoms with E-state index in [-0.39, 0.29) is 16.5 Å². The molecule has 0 saturated carbocycles. The van der Waals surface area contributed by atoms with E-state index < -0.39 is 0 Å². The zero-order valence-corrected chi connectivity index (χ0v) is 12.7. The number of nitrogens with zero attached hydrogens (tertiary/aromatic N) is 1. The van der Waals surface area contributed by atoms with Gasteiger partial charge in [0.25, 0.3) is 0 Å². The van der Waals surface area contributed by atoms with Crippen molar-refractivity contribution in [3.05, 3.63) is 62.1 Å². The van der Waals surface area contributed by atoms with E-state index in [0.717, 1.165) is 15.3 Å². The van der Waals surface area contributed by atoms with Crippen LogP contribution in [0.15, 0.2) is 42.1 Å². The van der Waals surface area contributed by atoms with Gasteiger partial charge in [0, 0.05) is 26.8 Å². The van der Waals surface area contributed by atoms with Crippen LogP contribution in [0, 0.1) is 16.0 Å². The number of nitro groups is 1. The average molecular weight is 308 g/mol. The SMILES string of the molecule is CC(C)/C(=C/c1ccc(-c2cccc(Cl)c2)s1)[N+](=O)[O-]. The molecule has 2 rings (SSSR count). The maximum absolute atomic E-state index is 11.0. The maximum atomic E-state index is 11.0. The van der Waals surface area contributed by atoms with E-state index in [1.54, 1.807) is 6.08 Å². The van der Waals surface area contributed by atoms with Gasteiger partial charge in [0.05, 0.1) is 4.92 Å². The molecule has 0 aliphatic heterocycles. The average Bonchev–Trinajstić information content (AvgIpc) is 2.83. The molecule has 0 saturated heterocycles. The number of allylic oxidation sites excluding steroid dienone is 1. The highest BCUT2D eigenvalue weighted by Crippen LogP contribution is 2.31. The van der Waals surface area contributed by atoms with Crippen LogP contribution in [-0.2, 0) is 0 Å². The van der Waals surface area contributed by atoms with Gasteiger partial charge in [-0.25, -0.2) is 0 Å². The Kier molecular flexibility index (Phi) is 4.57. The van der Waals surface area contributed by atoms with Crippen LogP contribution in [0.4, 0.5) is 0 Å². The van der Waals surface area contributed by atoms with Crippen LogP contribution < -0.4 is 0 Å². The molecular weight excluding hydrogens is 294 g/mol. The van der Waals surface area contributed by atoms with Gasteiger partial charge in [-0.1, -0.05) is 37.6 Å². The molecule has 1 aromatic carbocycles. The van der Waals surface area contributed by atoms with Gasteiger partial charge in [0.1, 0.15) is 0 Å². The lowest BCUT2D eigenvalue weighted by Gasteiger charge is -2.00. The number of hydrogen-bond acceptors (Lipinski definition) is 3. The number of benzene rings is 1. The van der Waals surface area contributed by atoms with Gasteiger partial charge in [-0.05, 0) is 29.8 Å². The van der Waals surface area contributed by atoms with Gasteiger partial charge >= 0.3 is 0 Å². The fourth-order valence-electron chi connectivity index (χ4n) is 1.80. The standard InChI is InChI=1S/C15H14ClNO2S/c1-10(2)14(17(18)19)9-13-6-7-15(20-13)11-4-3-5-12(16)8-11/h3-10H,1-2H3/b14-9-. The molecule has 0 N–H and O–H groups in total. The van der Waals surface area contributed by atoms with E-state index in [1.807, 2.05) is 50.2 Å². The fourth-order valence-corrected chi connectivity index (χ4v) is 2.94. The zero-order valence-electron chi connectivity index (χ0n) is 11.2. The van der Waals surface area contributed by atoms with Gasteiger partial charge in [0.2, 0.25) is 5.70 Å². The van der Waals surface area contributed by atoms with Gasteiger partial charge in [-0.15, -0.1) is 11.3 Å². The van der Waals surface area contributed by atoms with Crippen LogP contribution in [0.1, 0.15) is 18.7 Å². The number of rotatable bonds is 4. The van der Waals surface area contributed by atoms with Crippen molar-refractivity contribution in [1.82, 2.24) is 0 Å². The Morgan fingerprint density at radius 1 is 1.35 bits per heavy atom. The number of thiophene rings is 1. The minimum Gasteiger partial charge on any atom is -0.259 e. The molecule has 0 aliphatic carbocycles. The summed E-state index contributed by atoms with van der Waals surface area (Å²) >= 11 is 7.49. The second-order valence-electron chi connectivity index (χ2n) is 4.69. The molecule has 0 fully saturated rings. The molecule has 20 heavy (non-hydrogen) atoms. The molecule has 5 heteroatoms. The van der Waals surface area contributed by atoms with Gasteiger partial charge in [0.15, 0.2) is 0 Å². The third-order valence-electron chi connectivity index (χ3n) is 2.83. The van der Waals surface area contributed by atoms with Crippen molar-refractivity contribution >= 4 is 29.0 Å². The Balaban J connectivity index is 2.34. The second kappa shape index (κ2) is 6.20. The molecule has 104 valence electrons. The molecule has 2 aromatic rings. The van der Waals surface area contributed by atoms with Crippen molar-refractivity contribution in [2.45, 2.75) is 13.8 Å². The quantitative estimate of drug-likeness (QED) is 0.565. The first-order valence-corrected chi connectivity index (χ1v) is 7.38. The molecule has 1 aromatic heterocycles. The van der Waals surface area contributed by atoms with E-state index >= 15 is 0 Å². The van der Waals surface area contributed by atoms with E-state index in [2.05, 4.69) is 0 Å². The Labute approximate surface area is 126 Å². The van der Waals surface area contributed by atoms with E-state index in [9.17, 15) is 10.1 Å². The maximum Gasteiger partial charge on any atom is 0.250 e. The van der Waals surface area contributed by atoms with Crippen LogP contribution in [0.2, 0.25) is 5.02 Å². The molecule has 0 atom stereocenters. The Hall–Kier alpha value is -1.65. The van der Waals surface area contributed by atoms with Crippen molar-refractivity contribution in [2.75, 3.05) is 0 Å². The van der Waals surface area contributed by atoms with E-state index in [1.165, 1.54) is 11.3 Å². The van der Waals surface area contributed by atoms with Crippen molar-refractivity contribution in [2.24, 2.45) is 5.92 Å². The summed E-state index contributed by atoms with van der Waals surface area (Å²) in [4.78, 5) is 12.6. The van der Waals surface area contributed by atoms with Crippen LogP contribution >= 0.6 is 22.9 Å². The van der Waals surface area contributed by atoms with E-state index in [0.29, 0.717) is 5.02 Å². The van der Waals surface area contributed by atoms with Gasteiger partial charge < -0.3 is 0 Å². The third kappa shape index (κ3) is 3.46. The summed E-state index contributed by atoms with van der Waals surface area (Å²) in [5.41, 5.74) is 1.25. The van der Waals surface area contributed by atoms with Crippen LogP contribution in [0.25, 0.3) is 16.5 Å². The first-order chi connectivity index (χ1) is 9.47. The van der Waals surface area contributed by atoms with Gasteiger partial charge in [-0.2, -0.15) is 0 Å². The minimum atomic E-state index is -0.316. The molecule has 3 nitrogen and oxygen atoms in total. The minimum absolute atomic E-state index is 0.110. The number of halogens is 1. The molecule has 0 aliphatic rings. The third-order valence-corrected chi connectivity index (χ3v) is 4.14. The summed E-state index contributed by atoms with van der Waals surface area (Å²) in [6.45, 7) is 3.64. The Morgan fingerprint density at radius 3 is 2.70 bits per heavy atom. The van der Waals surface area contributed by atoms with Crippen LogP contribution in [0.3, 0.4) is 0 Å². The second-order valence-corrected chi connectivity index (χ2v) is 6.25. The van der Waals surface area contributed by atoms with Crippen LogP contribution in [-0.4, -0.2) is 4.92 Å². The highest BCUT2D eigenvalue weighted by Gasteiger charge is 2.16. The molecule has 0 bridgehead atoms. The van der Waals surface area contributed by atoms with Crippen molar-refractivity contribution in [3.8, 4) is 10.4 Å². The van der Waals surface area contributed by atoms with Crippen molar-refractivity contribution in [1.29, 1.82) is 0 Å². The normalized spacial score (nSPS) is 11.9. The highest BCUT2D eigenvalue weighted by molar-refractivity contribution is 7.16. The molecule has 0 unspecified atom stereocenters. The fraction of sp³-hybridized carbons (Fsp3) is 0.200. The summed E-state index contributed by atoms with van der Waals surface area (Å²) in [5, 5.41) is 11.7. The summed E-state index contributed by atoms with van der Waals surface area (Å²) in [7, 11) is 0. The molecule has 0 amide bonds. The summed E-state index contributed by atoms with van der Waals surface area (Å²) < 4.78 is 0. The van der Waals surface area contributed by atoms with Crippen molar-refractivity contribution < 1.29 is 4.92 Å². The predicted octanol–water partition coefficient (Wildman–Crippen LogP) is 5.34. The largest absolute Gasteiger partial charge is 0.259 e. The predicted molar refractivity (Wildman–Crippen MR) is 84.6 cm³/mol. The Morgan fingerprint density at radius 2 is 2.10 bits per heavy atom. The van der Waals surface area contributed by atoms with Gasteiger partial charge in [-0.3, -0.25) is 10.1 Å². The lowest BCUT2D eigenvalue weighted by molar-refractivity contribution is -0.431. The molecular formula is C15H14ClNO2S. The van der Waals surface area contributed by atoms with Crippen molar-refractivity contribution in [3.63, 3.8) is 0 Å². The van der Waals surface area contributed by atoms with E-state index in [4.69, 9.17) is 11.6 Å².